The number of hydrogen-bond donors (Lipinski definition) is 2. The molecule has 21 heavy (non-hydrogen) atoms. The highest BCUT2D eigenvalue weighted by molar-refractivity contribution is 5.75. The van der Waals surface area contributed by atoms with Gasteiger partial charge in [-0.25, -0.2) is 9.89 Å². The van der Waals surface area contributed by atoms with E-state index in [0.29, 0.717) is 31.3 Å². The van der Waals surface area contributed by atoms with Gasteiger partial charge >= 0.3 is 5.69 Å². The maximum Gasteiger partial charge on any atom is 0.343 e. The second-order valence-corrected chi connectivity index (χ2v) is 5.77. The third-order valence-corrected chi connectivity index (χ3v) is 4.27. The highest BCUT2D eigenvalue weighted by Gasteiger charge is 2.19. The third kappa shape index (κ3) is 4.42. The van der Waals surface area contributed by atoms with E-state index in [-0.39, 0.29) is 11.6 Å². The van der Waals surface area contributed by atoms with Gasteiger partial charge in [-0.1, -0.05) is 6.42 Å². The Balaban J connectivity index is 1.65. The summed E-state index contributed by atoms with van der Waals surface area (Å²) < 4.78 is 1.46. The van der Waals surface area contributed by atoms with Crippen LogP contribution in [0.2, 0.25) is 0 Å². The van der Waals surface area contributed by atoms with E-state index >= 15 is 0 Å². The van der Waals surface area contributed by atoms with E-state index in [1.54, 1.807) is 7.05 Å². The number of H-pyrrole nitrogens is 1. The van der Waals surface area contributed by atoms with Gasteiger partial charge in [-0.2, -0.15) is 5.10 Å². The summed E-state index contributed by atoms with van der Waals surface area (Å²) in [4.78, 5) is 25.4. The first-order chi connectivity index (χ1) is 10.1. The predicted octanol–water partition coefficient (Wildman–Crippen LogP) is 0.0316. The normalized spacial score (nSPS) is 19.6. The monoisotopic (exact) mass is 295 g/mol. The number of amides is 1. The first kappa shape index (κ1) is 15.8. The van der Waals surface area contributed by atoms with Gasteiger partial charge in [0.15, 0.2) is 0 Å². The molecule has 7 heteroatoms. The number of carbonyl (C=O) groups is 1. The molecule has 2 N–H and O–H groups in total. The van der Waals surface area contributed by atoms with Gasteiger partial charge in [-0.15, -0.1) is 0 Å². The lowest BCUT2D eigenvalue weighted by Crippen LogP contribution is -2.37. The molecule has 1 aliphatic rings. The van der Waals surface area contributed by atoms with Crippen LogP contribution >= 0.6 is 0 Å². The van der Waals surface area contributed by atoms with Crippen LogP contribution in [-0.2, 0) is 18.3 Å². The zero-order chi connectivity index (χ0) is 15.2. The number of carbonyl (C=O) groups excluding carboxylic acids is 1. The van der Waals surface area contributed by atoms with Crippen molar-refractivity contribution in [2.75, 3.05) is 20.1 Å². The van der Waals surface area contributed by atoms with Crippen LogP contribution in [0.4, 0.5) is 0 Å². The smallest absolute Gasteiger partial charge is 0.343 e. The molecule has 1 atom stereocenters. The van der Waals surface area contributed by atoms with Crippen molar-refractivity contribution in [3.05, 3.63) is 16.3 Å². The Morgan fingerprint density at radius 3 is 2.90 bits per heavy atom. The van der Waals surface area contributed by atoms with Gasteiger partial charge in [-0.3, -0.25) is 9.36 Å². The average Bonchev–Trinajstić information content (AvgIpc) is 2.78. The van der Waals surface area contributed by atoms with Crippen LogP contribution in [0.5, 0.6) is 0 Å². The summed E-state index contributed by atoms with van der Waals surface area (Å²) in [6.07, 6.45) is 5.77. The Labute approximate surface area is 124 Å². The van der Waals surface area contributed by atoms with Crippen LogP contribution < -0.4 is 11.0 Å². The summed E-state index contributed by atoms with van der Waals surface area (Å²) in [6, 6.07) is 0.539. The lowest BCUT2D eigenvalue weighted by molar-refractivity contribution is -0.121. The minimum atomic E-state index is -0.225. The molecule has 1 saturated heterocycles. The van der Waals surface area contributed by atoms with Gasteiger partial charge < -0.3 is 10.2 Å². The van der Waals surface area contributed by atoms with Gasteiger partial charge in [0.05, 0.1) is 0 Å². The number of rotatable bonds is 6. The first-order valence-electron chi connectivity index (χ1n) is 7.65. The van der Waals surface area contributed by atoms with E-state index < -0.39 is 0 Å². The van der Waals surface area contributed by atoms with Crippen LogP contribution in [0, 0.1) is 0 Å². The summed E-state index contributed by atoms with van der Waals surface area (Å²) in [6.45, 7) is 1.65. The minimum Gasteiger partial charge on any atom is -0.356 e. The van der Waals surface area contributed by atoms with Gasteiger partial charge in [0.1, 0.15) is 5.82 Å². The van der Waals surface area contributed by atoms with Crippen molar-refractivity contribution in [1.29, 1.82) is 0 Å². The zero-order valence-corrected chi connectivity index (χ0v) is 12.9. The van der Waals surface area contributed by atoms with Crippen LogP contribution in [0.15, 0.2) is 4.79 Å². The average molecular weight is 295 g/mol. The lowest BCUT2D eigenvalue weighted by atomic mass is 9.98. The fourth-order valence-corrected chi connectivity index (χ4v) is 2.81. The molecule has 1 aromatic rings. The zero-order valence-electron chi connectivity index (χ0n) is 12.9. The molecule has 2 heterocycles. The van der Waals surface area contributed by atoms with Crippen molar-refractivity contribution in [3.63, 3.8) is 0 Å². The Hall–Kier alpha value is -1.63. The summed E-state index contributed by atoms with van der Waals surface area (Å²) >= 11 is 0. The molecule has 0 aromatic carbocycles. The van der Waals surface area contributed by atoms with Crippen LogP contribution in [-0.4, -0.2) is 51.8 Å². The summed E-state index contributed by atoms with van der Waals surface area (Å²) in [5, 5.41) is 9.19. The van der Waals surface area contributed by atoms with Gasteiger partial charge in [0.2, 0.25) is 5.91 Å². The summed E-state index contributed by atoms with van der Waals surface area (Å²) in [5.41, 5.74) is -0.225. The Bertz CT molecular complexity index is 522. The lowest BCUT2D eigenvalue weighted by Gasteiger charge is -2.32. The largest absolute Gasteiger partial charge is 0.356 e. The van der Waals surface area contributed by atoms with E-state index in [2.05, 4.69) is 27.5 Å². The fourth-order valence-electron chi connectivity index (χ4n) is 2.81. The Morgan fingerprint density at radius 2 is 2.24 bits per heavy atom. The topological polar surface area (TPSA) is 83.0 Å². The number of hydrogen-bond acceptors (Lipinski definition) is 4. The van der Waals surface area contributed by atoms with Gasteiger partial charge in [-0.05, 0) is 32.9 Å². The minimum absolute atomic E-state index is 0.0782. The number of piperidine rings is 1. The van der Waals surface area contributed by atoms with Gasteiger partial charge in [0.25, 0.3) is 0 Å². The van der Waals surface area contributed by atoms with Gasteiger partial charge in [0, 0.05) is 32.5 Å². The summed E-state index contributed by atoms with van der Waals surface area (Å²) in [7, 11) is 3.81. The molecule has 1 aromatic heterocycles. The molecular formula is C14H25N5O2. The standard InChI is InChI=1S/C14H25N5O2/c1-18-10-4-3-5-11(18)6-7-13(20)15-9-8-12-16-17-14(21)19(12)2/h11H,3-10H2,1-2H3,(H,15,20)(H,17,21)/t11-/m0/s1. The van der Waals surface area contributed by atoms with Crippen molar-refractivity contribution >= 4 is 5.91 Å². The van der Waals surface area contributed by atoms with Crippen LogP contribution in [0.3, 0.4) is 0 Å². The van der Waals surface area contributed by atoms with E-state index in [1.807, 2.05) is 0 Å². The molecule has 7 nitrogen and oxygen atoms in total. The SMILES string of the molecule is CN1CCCC[C@H]1CCC(=O)NCCc1n[nH]c(=O)n1C. The van der Waals surface area contributed by atoms with E-state index in [0.717, 1.165) is 13.0 Å². The number of aromatic amines is 1. The first-order valence-corrected chi connectivity index (χ1v) is 7.65. The predicted molar refractivity (Wildman–Crippen MR) is 80.0 cm³/mol. The molecule has 118 valence electrons. The fraction of sp³-hybridized carbons (Fsp3) is 0.786. The third-order valence-electron chi connectivity index (χ3n) is 4.27. The van der Waals surface area contributed by atoms with Crippen LogP contribution in [0.1, 0.15) is 37.9 Å². The van der Waals surface area contributed by atoms with Crippen molar-refractivity contribution < 1.29 is 4.79 Å². The molecule has 0 saturated carbocycles. The quantitative estimate of drug-likeness (QED) is 0.776. The van der Waals surface area contributed by atoms with Crippen molar-refractivity contribution in [1.82, 2.24) is 25.0 Å². The molecular weight excluding hydrogens is 270 g/mol. The maximum atomic E-state index is 11.8. The maximum absolute atomic E-state index is 11.8. The van der Waals surface area contributed by atoms with E-state index in [4.69, 9.17) is 0 Å². The molecule has 1 fully saturated rings. The molecule has 2 rings (SSSR count). The number of nitrogens with zero attached hydrogens (tertiary/aromatic N) is 3. The van der Waals surface area contributed by atoms with E-state index in [9.17, 15) is 9.59 Å². The second-order valence-electron chi connectivity index (χ2n) is 5.77. The summed E-state index contributed by atoms with van der Waals surface area (Å²) in [5.74, 6) is 0.738. The van der Waals surface area contributed by atoms with Crippen molar-refractivity contribution in [2.24, 2.45) is 7.05 Å². The molecule has 0 bridgehead atoms. The van der Waals surface area contributed by atoms with E-state index in [1.165, 1.54) is 23.8 Å². The van der Waals surface area contributed by atoms with Crippen molar-refractivity contribution in [2.45, 2.75) is 44.6 Å². The highest BCUT2D eigenvalue weighted by Crippen LogP contribution is 2.18. The highest BCUT2D eigenvalue weighted by atomic mass is 16.2. The molecule has 0 radical (unpaired) electrons. The number of nitrogens with one attached hydrogen (secondary N) is 2. The Morgan fingerprint density at radius 1 is 1.43 bits per heavy atom. The molecule has 0 aliphatic carbocycles. The number of likely N-dealkylation sites (tertiary alicyclic amines) is 1. The van der Waals surface area contributed by atoms with Crippen LogP contribution in [0.25, 0.3) is 0 Å². The second kappa shape index (κ2) is 7.40. The molecule has 1 amide bonds. The molecule has 0 unspecified atom stereocenters. The molecule has 0 spiro atoms. The number of aromatic nitrogens is 3. The Kier molecular flexibility index (Phi) is 5.55. The molecule has 1 aliphatic heterocycles. The van der Waals surface area contributed by atoms with Crippen molar-refractivity contribution in [3.8, 4) is 0 Å².